The average Bonchev–Trinajstić information content (AvgIpc) is 2.03. The summed E-state index contributed by atoms with van der Waals surface area (Å²) in [6, 6.07) is 1.28. The SMILES string of the molecule is Nc1cc(CO)c([N+](=O)[O-])cn1. The topological polar surface area (TPSA) is 102 Å². The summed E-state index contributed by atoms with van der Waals surface area (Å²) in [5.74, 6) is 0.157. The molecule has 0 aliphatic heterocycles. The van der Waals surface area contributed by atoms with Crippen molar-refractivity contribution in [3.63, 3.8) is 0 Å². The van der Waals surface area contributed by atoms with E-state index in [0.29, 0.717) is 0 Å². The molecule has 0 atom stereocenters. The number of aromatic nitrogens is 1. The molecule has 0 amide bonds. The number of nitrogen functional groups attached to an aromatic ring is 1. The van der Waals surface area contributed by atoms with Crippen molar-refractivity contribution in [2.45, 2.75) is 6.61 Å². The van der Waals surface area contributed by atoms with Crippen LogP contribution in [-0.2, 0) is 6.61 Å². The number of hydrogen-bond acceptors (Lipinski definition) is 5. The largest absolute Gasteiger partial charge is 0.391 e. The first-order valence-electron chi connectivity index (χ1n) is 3.15. The van der Waals surface area contributed by atoms with Crippen molar-refractivity contribution in [2.75, 3.05) is 5.73 Å². The van der Waals surface area contributed by atoms with Crippen molar-refractivity contribution >= 4 is 11.5 Å². The van der Waals surface area contributed by atoms with E-state index < -0.39 is 11.5 Å². The normalized spacial score (nSPS) is 9.75. The zero-order valence-corrected chi connectivity index (χ0v) is 6.10. The Morgan fingerprint density at radius 3 is 2.92 bits per heavy atom. The van der Waals surface area contributed by atoms with E-state index in [1.54, 1.807) is 0 Å². The molecule has 0 aliphatic carbocycles. The third-order valence-corrected chi connectivity index (χ3v) is 1.35. The Hall–Kier alpha value is -1.69. The molecule has 0 spiro atoms. The van der Waals surface area contributed by atoms with Crippen molar-refractivity contribution in [1.29, 1.82) is 0 Å². The molecule has 0 saturated carbocycles. The molecule has 0 fully saturated rings. The van der Waals surface area contributed by atoms with Crippen LogP contribution in [0, 0.1) is 10.1 Å². The van der Waals surface area contributed by atoms with Gasteiger partial charge < -0.3 is 10.8 Å². The number of nitrogens with zero attached hydrogens (tertiary/aromatic N) is 2. The van der Waals surface area contributed by atoms with Crippen LogP contribution in [0.3, 0.4) is 0 Å². The van der Waals surface area contributed by atoms with Crippen LogP contribution in [0.15, 0.2) is 12.3 Å². The third kappa shape index (κ3) is 1.48. The molecule has 0 radical (unpaired) electrons. The predicted molar refractivity (Wildman–Crippen MR) is 41.2 cm³/mol. The number of aliphatic hydroxyl groups excluding tert-OH is 1. The van der Waals surface area contributed by atoms with Gasteiger partial charge in [0, 0.05) is 0 Å². The van der Waals surface area contributed by atoms with E-state index in [4.69, 9.17) is 10.8 Å². The minimum Gasteiger partial charge on any atom is -0.391 e. The van der Waals surface area contributed by atoms with Gasteiger partial charge in [-0.15, -0.1) is 0 Å². The molecule has 1 heterocycles. The van der Waals surface area contributed by atoms with Gasteiger partial charge in [0.05, 0.1) is 17.1 Å². The van der Waals surface area contributed by atoms with E-state index >= 15 is 0 Å². The molecule has 0 aliphatic rings. The number of hydrogen-bond donors (Lipinski definition) is 2. The molecule has 6 heteroatoms. The Morgan fingerprint density at radius 1 is 1.75 bits per heavy atom. The number of pyridine rings is 1. The van der Waals surface area contributed by atoms with Crippen LogP contribution in [0.2, 0.25) is 0 Å². The van der Waals surface area contributed by atoms with Gasteiger partial charge in [0.25, 0.3) is 5.69 Å². The maximum absolute atomic E-state index is 10.3. The molecule has 3 N–H and O–H groups in total. The fourth-order valence-corrected chi connectivity index (χ4v) is 0.799. The van der Waals surface area contributed by atoms with Crippen LogP contribution < -0.4 is 5.73 Å². The Kier molecular flexibility index (Phi) is 2.20. The molecule has 6 nitrogen and oxygen atoms in total. The Labute approximate surface area is 67.8 Å². The number of nitro groups is 1. The molecule has 0 aromatic carbocycles. The predicted octanol–water partition coefficient (Wildman–Crippen LogP) is 0.0643. The van der Waals surface area contributed by atoms with E-state index in [1.165, 1.54) is 6.07 Å². The molecular formula is C6H7N3O3. The Bertz CT molecular complexity index is 313. The van der Waals surface area contributed by atoms with Gasteiger partial charge in [-0.05, 0) is 6.07 Å². The van der Waals surface area contributed by atoms with Crippen LogP contribution in [0.1, 0.15) is 5.56 Å². The first-order valence-corrected chi connectivity index (χ1v) is 3.15. The lowest BCUT2D eigenvalue weighted by Gasteiger charge is -1.98. The van der Waals surface area contributed by atoms with E-state index in [2.05, 4.69) is 4.98 Å². The molecule has 12 heavy (non-hydrogen) atoms. The highest BCUT2D eigenvalue weighted by Crippen LogP contribution is 2.18. The lowest BCUT2D eigenvalue weighted by Crippen LogP contribution is -1.99. The lowest BCUT2D eigenvalue weighted by molar-refractivity contribution is -0.386. The maximum atomic E-state index is 10.3. The monoisotopic (exact) mass is 169 g/mol. The van der Waals surface area contributed by atoms with Crippen molar-refractivity contribution in [2.24, 2.45) is 0 Å². The summed E-state index contributed by atoms with van der Waals surface area (Å²) >= 11 is 0. The van der Waals surface area contributed by atoms with Crippen molar-refractivity contribution in [1.82, 2.24) is 4.98 Å². The number of rotatable bonds is 2. The second kappa shape index (κ2) is 3.14. The van der Waals surface area contributed by atoms with Gasteiger partial charge in [0.15, 0.2) is 0 Å². The Balaban J connectivity index is 3.20. The van der Waals surface area contributed by atoms with Crippen LogP contribution >= 0.6 is 0 Å². The summed E-state index contributed by atoms with van der Waals surface area (Å²) in [6.45, 7) is -0.414. The number of nitrogens with two attached hydrogens (primary N) is 1. The molecule has 1 rings (SSSR count). The van der Waals surface area contributed by atoms with E-state index in [9.17, 15) is 10.1 Å². The molecular weight excluding hydrogens is 162 g/mol. The summed E-state index contributed by atoms with van der Waals surface area (Å²) in [7, 11) is 0. The zero-order chi connectivity index (χ0) is 9.14. The van der Waals surface area contributed by atoms with E-state index in [-0.39, 0.29) is 17.1 Å². The first kappa shape index (κ1) is 8.41. The molecule has 0 bridgehead atoms. The van der Waals surface area contributed by atoms with Gasteiger partial charge in [-0.3, -0.25) is 10.1 Å². The second-order valence-corrected chi connectivity index (χ2v) is 2.15. The summed E-state index contributed by atoms with van der Waals surface area (Å²) in [4.78, 5) is 13.2. The summed E-state index contributed by atoms with van der Waals surface area (Å²) in [5.41, 5.74) is 5.22. The fourth-order valence-electron chi connectivity index (χ4n) is 0.799. The molecule has 0 saturated heterocycles. The van der Waals surface area contributed by atoms with Crippen molar-refractivity contribution in [3.05, 3.63) is 27.9 Å². The minimum absolute atomic E-state index is 0.157. The lowest BCUT2D eigenvalue weighted by atomic mass is 10.2. The van der Waals surface area contributed by atoms with Crippen LogP contribution in [-0.4, -0.2) is 15.0 Å². The highest BCUT2D eigenvalue weighted by Gasteiger charge is 2.12. The first-order chi connectivity index (χ1) is 5.65. The van der Waals surface area contributed by atoms with Gasteiger partial charge in [0.2, 0.25) is 0 Å². The van der Waals surface area contributed by atoms with Gasteiger partial charge in [-0.1, -0.05) is 0 Å². The van der Waals surface area contributed by atoms with Gasteiger partial charge >= 0.3 is 0 Å². The zero-order valence-electron chi connectivity index (χ0n) is 6.10. The molecule has 0 unspecified atom stereocenters. The second-order valence-electron chi connectivity index (χ2n) is 2.15. The van der Waals surface area contributed by atoms with Crippen molar-refractivity contribution in [3.8, 4) is 0 Å². The average molecular weight is 169 g/mol. The highest BCUT2D eigenvalue weighted by atomic mass is 16.6. The molecule has 64 valence electrons. The number of anilines is 1. The maximum Gasteiger partial charge on any atom is 0.293 e. The van der Waals surface area contributed by atoms with Crippen LogP contribution in [0.25, 0.3) is 0 Å². The van der Waals surface area contributed by atoms with Gasteiger partial charge in [0.1, 0.15) is 12.0 Å². The quantitative estimate of drug-likeness (QED) is 0.481. The summed E-state index contributed by atoms with van der Waals surface area (Å²) < 4.78 is 0. The van der Waals surface area contributed by atoms with E-state index in [1.807, 2.05) is 0 Å². The third-order valence-electron chi connectivity index (χ3n) is 1.35. The van der Waals surface area contributed by atoms with Gasteiger partial charge in [-0.2, -0.15) is 0 Å². The van der Waals surface area contributed by atoms with Crippen LogP contribution in [0.4, 0.5) is 11.5 Å². The number of aliphatic hydroxyl groups is 1. The standard InChI is InChI=1S/C6H7N3O3/c7-6-1-4(3-10)5(2-8-6)9(11)12/h1-2,10H,3H2,(H2,7,8). The fraction of sp³-hybridized carbons (Fsp3) is 0.167. The van der Waals surface area contributed by atoms with E-state index in [0.717, 1.165) is 6.20 Å². The Morgan fingerprint density at radius 2 is 2.42 bits per heavy atom. The minimum atomic E-state index is -0.613. The highest BCUT2D eigenvalue weighted by molar-refractivity contribution is 5.44. The smallest absolute Gasteiger partial charge is 0.293 e. The van der Waals surface area contributed by atoms with Crippen molar-refractivity contribution < 1.29 is 10.0 Å². The summed E-state index contributed by atoms with van der Waals surface area (Å²) in [5, 5.41) is 19.0. The van der Waals surface area contributed by atoms with Gasteiger partial charge in [-0.25, -0.2) is 4.98 Å². The van der Waals surface area contributed by atoms with Crippen LogP contribution in [0.5, 0.6) is 0 Å². The molecule has 1 aromatic heterocycles. The molecule has 1 aromatic rings. The summed E-state index contributed by atoms with van der Waals surface area (Å²) in [6.07, 6.45) is 1.03.